The fourth-order valence-electron chi connectivity index (χ4n) is 7.75. The van der Waals surface area contributed by atoms with Crippen molar-refractivity contribution in [1.29, 1.82) is 0 Å². The molecule has 0 aromatic carbocycles. The number of rotatable bonds is 28. The van der Waals surface area contributed by atoms with Gasteiger partial charge in [0.2, 0.25) is 0 Å². The average molecular weight is 1000 g/mol. The van der Waals surface area contributed by atoms with Crippen LogP contribution in [0.3, 0.4) is 0 Å². The van der Waals surface area contributed by atoms with E-state index in [0.717, 1.165) is 51.4 Å². The van der Waals surface area contributed by atoms with Gasteiger partial charge in [-0.15, -0.1) is 0 Å². The van der Waals surface area contributed by atoms with Gasteiger partial charge in [0.05, 0.1) is 33.0 Å². The van der Waals surface area contributed by atoms with Crippen molar-refractivity contribution in [2.45, 2.75) is 200 Å². The Bertz CT molecular complexity index is 1520. The maximum atomic E-state index is 12.2. The molecule has 0 bridgehead atoms. The molecule has 4 heterocycles. The number of hydrogen-bond donors (Lipinski definition) is 14. The van der Waals surface area contributed by atoms with Crippen molar-refractivity contribution in [3.05, 3.63) is 36.5 Å². The van der Waals surface area contributed by atoms with E-state index in [-0.39, 0.29) is 6.42 Å². The van der Waals surface area contributed by atoms with Gasteiger partial charge in [-0.1, -0.05) is 62.6 Å². The maximum Gasteiger partial charge on any atom is 0.305 e. The fraction of sp³-hybridized carbons (Fsp3) is 0.844. The summed E-state index contributed by atoms with van der Waals surface area (Å²) in [5.41, 5.74) is 0. The van der Waals surface area contributed by atoms with Crippen molar-refractivity contribution < 1.29 is 119 Å². The number of aliphatic hydroxyl groups is 14. The molecular weight excluding hydrogens is 924 g/mol. The Morgan fingerprint density at radius 1 is 0.464 bits per heavy atom. The monoisotopic (exact) mass is 1000 g/mol. The Morgan fingerprint density at radius 3 is 1.29 bits per heavy atom. The second kappa shape index (κ2) is 30.8. The molecule has 4 fully saturated rings. The molecule has 0 radical (unpaired) electrons. The molecule has 4 rings (SSSR count). The molecule has 14 N–H and O–H groups in total. The van der Waals surface area contributed by atoms with Crippen LogP contribution in [0.1, 0.15) is 71.1 Å². The van der Waals surface area contributed by atoms with Crippen LogP contribution in [0.15, 0.2) is 36.5 Å². The summed E-state index contributed by atoms with van der Waals surface area (Å²) < 4.78 is 49.1. The molecule has 21 atom stereocenters. The number of allylic oxidation sites excluding steroid dienone is 6. The third kappa shape index (κ3) is 18.1. The number of aliphatic hydroxyl groups excluding tert-OH is 14. The summed E-state index contributed by atoms with van der Waals surface area (Å²) in [5, 5.41) is 145. The average Bonchev–Trinajstić information content (AvgIpc) is 3.34. The van der Waals surface area contributed by atoms with Crippen molar-refractivity contribution >= 4 is 5.97 Å². The van der Waals surface area contributed by atoms with Crippen LogP contribution in [0.2, 0.25) is 0 Å². The SMILES string of the molecule is CCC=CCC=CCC=CCCCCCCCC(=O)OCC(O)COC1OC(COC2OC(COC3OC(COC4OC(CO)C(O)C(O)C4O)C(O)C(O)C3O)C(O)C(O)C2O)C(O)C(O)C1O. The Hall–Kier alpha value is -2.19. The molecule has 0 amide bonds. The molecule has 400 valence electrons. The second-order valence-electron chi connectivity index (χ2n) is 17.5. The van der Waals surface area contributed by atoms with Gasteiger partial charge in [-0.05, 0) is 38.5 Å². The molecule has 4 aliphatic rings. The lowest BCUT2D eigenvalue weighted by molar-refractivity contribution is -0.348. The Labute approximate surface area is 400 Å². The zero-order chi connectivity index (χ0) is 50.6. The van der Waals surface area contributed by atoms with Gasteiger partial charge in [0.15, 0.2) is 25.2 Å². The van der Waals surface area contributed by atoms with Gasteiger partial charge >= 0.3 is 5.97 Å². The minimum absolute atomic E-state index is 0.162. The number of carbonyl (C=O) groups excluding carboxylic acids is 1. The van der Waals surface area contributed by atoms with Gasteiger partial charge in [0.1, 0.15) is 110 Å². The molecule has 69 heavy (non-hydrogen) atoms. The molecule has 0 aromatic rings. The molecular formula is C45H76O24. The quantitative estimate of drug-likeness (QED) is 0.0201. The van der Waals surface area contributed by atoms with Crippen molar-refractivity contribution in [2.24, 2.45) is 0 Å². The number of hydrogen-bond acceptors (Lipinski definition) is 24. The molecule has 0 spiro atoms. The maximum absolute atomic E-state index is 12.2. The number of esters is 1. The first-order chi connectivity index (χ1) is 33.0. The highest BCUT2D eigenvalue weighted by Crippen LogP contribution is 2.29. The van der Waals surface area contributed by atoms with Crippen LogP contribution in [0.25, 0.3) is 0 Å². The molecule has 4 aliphatic heterocycles. The van der Waals surface area contributed by atoms with Crippen molar-refractivity contribution in [3.63, 3.8) is 0 Å². The predicted octanol–water partition coefficient (Wildman–Crippen LogP) is -4.23. The van der Waals surface area contributed by atoms with E-state index in [1.165, 1.54) is 0 Å². The van der Waals surface area contributed by atoms with Crippen molar-refractivity contribution in [2.75, 3.05) is 39.6 Å². The van der Waals surface area contributed by atoms with E-state index < -0.39 is 175 Å². The molecule has 4 saturated heterocycles. The molecule has 24 heteroatoms. The van der Waals surface area contributed by atoms with Gasteiger partial charge in [-0.3, -0.25) is 4.79 Å². The van der Waals surface area contributed by atoms with Crippen LogP contribution < -0.4 is 0 Å². The van der Waals surface area contributed by atoms with Gasteiger partial charge in [0, 0.05) is 6.42 Å². The smallest absolute Gasteiger partial charge is 0.305 e. The predicted molar refractivity (Wildman–Crippen MR) is 234 cm³/mol. The summed E-state index contributed by atoms with van der Waals surface area (Å²) in [4.78, 5) is 12.2. The fourth-order valence-corrected chi connectivity index (χ4v) is 7.75. The first kappa shape index (κ1) is 59.4. The first-order valence-corrected chi connectivity index (χ1v) is 23.6. The van der Waals surface area contributed by atoms with E-state index in [9.17, 15) is 76.3 Å². The van der Waals surface area contributed by atoms with Gasteiger partial charge < -0.3 is 114 Å². The third-order valence-electron chi connectivity index (χ3n) is 12.0. The number of ether oxygens (including phenoxy) is 9. The number of carbonyl (C=O) groups is 1. The summed E-state index contributed by atoms with van der Waals surface area (Å²) in [6.07, 6.45) is -14.5. The molecule has 0 aromatic heterocycles. The van der Waals surface area contributed by atoms with E-state index in [1.807, 2.05) is 0 Å². The van der Waals surface area contributed by atoms with Gasteiger partial charge in [-0.2, -0.15) is 0 Å². The van der Waals surface area contributed by atoms with Crippen molar-refractivity contribution in [1.82, 2.24) is 0 Å². The summed E-state index contributed by atoms with van der Waals surface area (Å²) in [5.74, 6) is -0.510. The summed E-state index contributed by atoms with van der Waals surface area (Å²) in [6.45, 7) is -1.65. The van der Waals surface area contributed by atoms with Crippen LogP contribution in [0.4, 0.5) is 0 Å². The van der Waals surface area contributed by atoms with E-state index >= 15 is 0 Å². The molecule has 21 unspecified atom stereocenters. The molecule has 0 saturated carbocycles. The third-order valence-corrected chi connectivity index (χ3v) is 12.0. The van der Waals surface area contributed by atoms with E-state index in [0.29, 0.717) is 6.42 Å². The summed E-state index contributed by atoms with van der Waals surface area (Å²) >= 11 is 0. The van der Waals surface area contributed by atoms with Gasteiger partial charge in [0.25, 0.3) is 0 Å². The normalized spacial score (nSPS) is 39.4. The Kier molecular flexibility index (Phi) is 26.5. The van der Waals surface area contributed by atoms with Crippen LogP contribution >= 0.6 is 0 Å². The standard InChI is InChI=1S/C45H76O24/c1-2-3-4-5-6-7-8-9-10-11-12-13-14-15-16-17-29(48)61-19-24(47)20-62-42-39(58)35(54)31(50)26(67-42)22-64-44-41(60)37(56)33(52)28(69-44)23-65-45-40(59)36(55)32(51)27(68-45)21-63-43-38(57)34(53)30(49)25(18-46)66-43/h3-4,6-7,9-10,24-28,30-47,49-60H,2,5,8,11-23H2,1H3. The topological polar surface area (TPSA) is 383 Å². The Balaban J connectivity index is 1.16. The lowest BCUT2D eigenvalue weighted by Crippen LogP contribution is -2.63. The second-order valence-corrected chi connectivity index (χ2v) is 17.5. The molecule has 24 nitrogen and oxygen atoms in total. The van der Waals surface area contributed by atoms with Crippen molar-refractivity contribution in [3.8, 4) is 0 Å². The minimum atomic E-state index is -1.93. The van der Waals surface area contributed by atoms with Crippen LogP contribution in [0, 0.1) is 0 Å². The van der Waals surface area contributed by atoms with Gasteiger partial charge in [-0.25, -0.2) is 0 Å². The lowest BCUT2D eigenvalue weighted by atomic mass is 9.98. The summed E-state index contributed by atoms with van der Waals surface area (Å²) in [6, 6.07) is 0. The summed E-state index contributed by atoms with van der Waals surface area (Å²) in [7, 11) is 0. The van der Waals surface area contributed by atoms with E-state index in [4.69, 9.17) is 42.6 Å². The van der Waals surface area contributed by atoms with Crippen LogP contribution in [0.5, 0.6) is 0 Å². The van der Waals surface area contributed by atoms with Crippen LogP contribution in [-0.2, 0) is 47.4 Å². The highest BCUT2D eigenvalue weighted by Gasteiger charge is 2.50. The van der Waals surface area contributed by atoms with Crippen LogP contribution in [-0.4, -0.2) is 246 Å². The Morgan fingerprint density at radius 2 is 0.841 bits per heavy atom. The van der Waals surface area contributed by atoms with E-state index in [1.54, 1.807) is 0 Å². The lowest BCUT2D eigenvalue weighted by Gasteiger charge is -2.44. The highest BCUT2D eigenvalue weighted by molar-refractivity contribution is 5.69. The zero-order valence-corrected chi connectivity index (χ0v) is 38.7. The highest BCUT2D eigenvalue weighted by atomic mass is 16.8. The molecule has 0 aliphatic carbocycles. The number of unbranched alkanes of at least 4 members (excludes halogenated alkanes) is 5. The largest absolute Gasteiger partial charge is 0.463 e. The zero-order valence-electron chi connectivity index (χ0n) is 38.7. The minimum Gasteiger partial charge on any atom is -0.463 e. The first-order valence-electron chi connectivity index (χ1n) is 23.6. The van der Waals surface area contributed by atoms with E-state index in [2.05, 4.69) is 43.4 Å².